The van der Waals surface area contributed by atoms with Gasteiger partial charge in [-0.3, -0.25) is 4.79 Å². The summed E-state index contributed by atoms with van der Waals surface area (Å²) in [4.78, 5) is 23.3. The zero-order valence-corrected chi connectivity index (χ0v) is 15.3. The molecule has 1 aliphatic rings. The number of fused-ring (bicyclic) bond motifs is 1. The quantitative estimate of drug-likeness (QED) is 0.899. The van der Waals surface area contributed by atoms with Crippen LogP contribution in [0.25, 0.3) is 5.69 Å². The first-order chi connectivity index (χ1) is 11.5. The summed E-state index contributed by atoms with van der Waals surface area (Å²) < 4.78 is 2.10. The second-order valence-corrected chi connectivity index (χ2v) is 7.87. The zero-order valence-electron chi connectivity index (χ0n) is 15.3. The van der Waals surface area contributed by atoms with E-state index in [2.05, 4.69) is 18.4 Å². The minimum absolute atomic E-state index is 0.153. The topological polar surface area (TPSA) is 85.3 Å². The minimum Gasteiger partial charge on any atom is -0.478 e. The van der Waals surface area contributed by atoms with Gasteiger partial charge in [-0.15, -0.1) is 0 Å². The highest BCUT2D eigenvalue weighted by molar-refractivity contribution is 5.89. The summed E-state index contributed by atoms with van der Waals surface area (Å²) in [6.45, 7) is 10.3. The van der Waals surface area contributed by atoms with Crippen LogP contribution in [0.4, 0.5) is 0 Å². The zero-order chi connectivity index (χ0) is 18.7. The Bertz CT molecular complexity index is 891. The summed E-state index contributed by atoms with van der Waals surface area (Å²) in [6.07, 6.45) is 0.695. The predicted molar refractivity (Wildman–Crippen MR) is 96.4 cm³/mol. The first-order valence-electron chi connectivity index (χ1n) is 8.37. The number of aromatic carboxylic acids is 1. The van der Waals surface area contributed by atoms with Crippen LogP contribution in [0.5, 0.6) is 0 Å². The van der Waals surface area contributed by atoms with E-state index in [0.717, 1.165) is 22.6 Å². The Kier molecular flexibility index (Phi) is 3.60. The van der Waals surface area contributed by atoms with Crippen LogP contribution in [0.15, 0.2) is 24.3 Å². The summed E-state index contributed by atoms with van der Waals surface area (Å²) in [5.41, 5.74) is 10.3. The maximum Gasteiger partial charge on any atom is 0.335 e. The van der Waals surface area contributed by atoms with Crippen LogP contribution in [0, 0.1) is 13.8 Å². The number of carboxylic acid groups (broad SMARTS) is 1. The third kappa shape index (κ3) is 2.29. The van der Waals surface area contributed by atoms with Gasteiger partial charge in [-0.1, -0.05) is 13.8 Å². The number of amides is 1. The molecule has 1 atom stereocenters. The third-order valence-corrected chi connectivity index (χ3v) is 5.58. The number of nitrogens with two attached hydrogens (primary N) is 1. The number of carbonyl (C=O) groups excluding carboxylic acids is 1. The second-order valence-electron chi connectivity index (χ2n) is 7.87. The molecule has 5 heteroatoms. The van der Waals surface area contributed by atoms with Crippen molar-refractivity contribution in [2.45, 2.75) is 51.9 Å². The van der Waals surface area contributed by atoms with Crippen LogP contribution in [0.3, 0.4) is 0 Å². The molecule has 1 heterocycles. The Morgan fingerprint density at radius 1 is 1.04 bits per heavy atom. The molecule has 0 spiro atoms. The molecule has 1 aliphatic carbocycles. The molecule has 2 aromatic rings. The molecule has 3 rings (SSSR count). The summed E-state index contributed by atoms with van der Waals surface area (Å²) in [6, 6.07) is 6.79. The van der Waals surface area contributed by atoms with Crippen LogP contribution in [-0.4, -0.2) is 21.6 Å². The first kappa shape index (κ1) is 17.3. The number of rotatable bonds is 3. The van der Waals surface area contributed by atoms with Gasteiger partial charge in [-0.2, -0.15) is 0 Å². The SMILES string of the molecule is Cc1c2c(c(C)n1-c1ccc(C(=O)O)cc1)C(C)(C(N)=O)CC2(C)C. The lowest BCUT2D eigenvalue weighted by Crippen LogP contribution is -2.38. The molecular weight excluding hydrogens is 316 g/mol. The molecule has 0 aliphatic heterocycles. The largest absolute Gasteiger partial charge is 0.478 e. The van der Waals surface area contributed by atoms with Gasteiger partial charge in [0.25, 0.3) is 0 Å². The molecule has 0 saturated heterocycles. The van der Waals surface area contributed by atoms with Crippen LogP contribution in [0.2, 0.25) is 0 Å². The fourth-order valence-electron chi connectivity index (χ4n) is 4.75. The summed E-state index contributed by atoms with van der Waals surface area (Å²) in [7, 11) is 0. The van der Waals surface area contributed by atoms with Gasteiger partial charge in [0, 0.05) is 17.1 Å². The highest BCUT2D eigenvalue weighted by Gasteiger charge is 2.52. The number of carboxylic acids is 1. The number of carbonyl (C=O) groups is 2. The van der Waals surface area contributed by atoms with Crippen molar-refractivity contribution in [1.29, 1.82) is 0 Å². The molecule has 1 amide bonds. The molecule has 1 unspecified atom stereocenters. The third-order valence-electron chi connectivity index (χ3n) is 5.58. The van der Waals surface area contributed by atoms with Crippen molar-refractivity contribution in [3.05, 3.63) is 52.3 Å². The highest BCUT2D eigenvalue weighted by atomic mass is 16.4. The minimum atomic E-state index is -0.947. The lowest BCUT2D eigenvalue weighted by molar-refractivity contribution is -0.123. The molecular formula is C20H24N2O3. The van der Waals surface area contributed by atoms with E-state index in [1.807, 2.05) is 20.8 Å². The van der Waals surface area contributed by atoms with Gasteiger partial charge in [0.05, 0.1) is 11.0 Å². The van der Waals surface area contributed by atoms with Crippen molar-refractivity contribution < 1.29 is 14.7 Å². The van der Waals surface area contributed by atoms with E-state index in [9.17, 15) is 9.59 Å². The standard InChI is InChI=1S/C20H24N2O3/c1-11-15-16(20(5,18(21)25)10-19(15,3)4)12(2)22(11)14-8-6-13(7-9-14)17(23)24/h6-9H,10H2,1-5H3,(H2,21,25)(H,23,24). The predicted octanol–water partition coefficient (Wildman–Crippen LogP) is 3.22. The van der Waals surface area contributed by atoms with Gasteiger partial charge in [0.15, 0.2) is 0 Å². The lowest BCUT2D eigenvalue weighted by Gasteiger charge is -2.27. The number of hydrogen-bond acceptors (Lipinski definition) is 2. The molecule has 0 saturated carbocycles. The van der Waals surface area contributed by atoms with Gasteiger partial charge < -0.3 is 15.4 Å². The Morgan fingerprint density at radius 3 is 2.04 bits per heavy atom. The maximum absolute atomic E-state index is 12.3. The van der Waals surface area contributed by atoms with Gasteiger partial charge >= 0.3 is 5.97 Å². The number of hydrogen-bond donors (Lipinski definition) is 2. The monoisotopic (exact) mass is 340 g/mol. The lowest BCUT2D eigenvalue weighted by atomic mass is 9.79. The molecule has 132 valence electrons. The van der Waals surface area contributed by atoms with E-state index in [-0.39, 0.29) is 16.9 Å². The highest BCUT2D eigenvalue weighted by Crippen LogP contribution is 2.53. The Hall–Kier alpha value is -2.56. The molecule has 5 nitrogen and oxygen atoms in total. The fraction of sp³-hybridized carbons (Fsp3) is 0.400. The van der Waals surface area contributed by atoms with E-state index >= 15 is 0 Å². The first-order valence-corrected chi connectivity index (χ1v) is 8.37. The molecule has 0 fully saturated rings. The normalized spacial score (nSPS) is 21.2. The molecule has 0 bridgehead atoms. The Morgan fingerprint density at radius 2 is 1.56 bits per heavy atom. The van der Waals surface area contributed by atoms with E-state index in [4.69, 9.17) is 10.8 Å². The van der Waals surface area contributed by atoms with E-state index in [1.54, 1.807) is 24.3 Å². The van der Waals surface area contributed by atoms with Crippen molar-refractivity contribution in [3.8, 4) is 5.69 Å². The van der Waals surface area contributed by atoms with Gasteiger partial charge in [-0.05, 0) is 68.0 Å². The summed E-state index contributed by atoms with van der Waals surface area (Å²) in [5.74, 6) is -1.25. The molecule has 1 aromatic heterocycles. The Labute approximate surface area is 147 Å². The van der Waals surface area contributed by atoms with Crippen molar-refractivity contribution in [2.24, 2.45) is 5.73 Å². The van der Waals surface area contributed by atoms with E-state index < -0.39 is 11.4 Å². The average molecular weight is 340 g/mol. The van der Waals surface area contributed by atoms with Crippen molar-refractivity contribution >= 4 is 11.9 Å². The summed E-state index contributed by atoms with van der Waals surface area (Å²) in [5, 5.41) is 9.09. The number of aromatic nitrogens is 1. The van der Waals surface area contributed by atoms with Gasteiger partial charge in [-0.25, -0.2) is 4.79 Å². The second kappa shape index (κ2) is 5.22. The average Bonchev–Trinajstić information content (AvgIpc) is 2.91. The number of benzene rings is 1. The van der Waals surface area contributed by atoms with Crippen LogP contribution in [0.1, 0.15) is 60.1 Å². The maximum atomic E-state index is 12.3. The molecule has 25 heavy (non-hydrogen) atoms. The Balaban J connectivity index is 2.26. The van der Waals surface area contributed by atoms with Crippen LogP contribution < -0.4 is 5.73 Å². The van der Waals surface area contributed by atoms with Crippen molar-refractivity contribution in [1.82, 2.24) is 4.57 Å². The van der Waals surface area contributed by atoms with Crippen molar-refractivity contribution in [3.63, 3.8) is 0 Å². The summed E-state index contributed by atoms with van der Waals surface area (Å²) >= 11 is 0. The van der Waals surface area contributed by atoms with Crippen LogP contribution >= 0.6 is 0 Å². The number of nitrogens with zero attached hydrogens (tertiary/aromatic N) is 1. The fourth-order valence-corrected chi connectivity index (χ4v) is 4.75. The van der Waals surface area contributed by atoms with Crippen LogP contribution in [-0.2, 0) is 15.6 Å². The smallest absolute Gasteiger partial charge is 0.335 e. The molecule has 3 N–H and O–H groups in total. The van der Waals surface area contributed by atoms with E-state index in [0.29, 0.717) is 6.42 Å². The van der Waals surface area contributed by atoms with Crippen molar-refractivity contribution in [2.75, 3.05) is 0 Å². The van der Waals surface area contributed by atoms with Gasteiger partial charge in [0.2, 0.25) is 5.91 Å². The number of primary amides is 1. The van der Waals surface area contributed by atoms with Gasteiger partial charge in [0.1, 0.15) is 0 Å². The van der Waals surface area contributed by atoms with E-state index in [1.165, 1.54) is 5.56 Å². The molecule has 0 radical (unpaired) electrons. The molecule has 1 aromatic carbocycles.